The van der Waals surface area contributed by atoms with Crippen LogP contribution < -0.4 is 5.32 Å². The fraction of sp³-hybridized carbons (Fsp3) is 0.400. The zero-order valence-corrected chi connectivity index (χ0v) is 11.6. The van der Waals surface area contributed by atoms with Crippen molar-refractivity contribution in [2.24, 2.45) is 0 Å². The van der Waals surface area contributed by atoms with Crippen LogP contribution in [-0.2, 0) is 25.9 Å². The number of aromatic nitrogens is 1. The van der Waals surface area contributed by atoms with Crippen molar-refractivity contribution in [1.82, 2.24) is 10.3 Å². The molecule has 1 heterocycles. The van der Waals surface area contributed by atoms with E-state index < -0.39 is 0 Å². The summed E-state index contributed by atoms with van der Waals surface area (Å²) in [5.74, 6) is -0.184. The molecule has 0 aliphatic heterocycles. The largest absolute Gasteiger partial charge is 0.306 e. The third-order valence-electron chi connectivity index (χ3n) is 3.41. The third kappa shape index (κ3) is 3.19. The fourth-order valence-corrected chi connectivity index (χ4v) is 3.52. The minimum Gasteiger partial charge on any atom is -0.306 e. The number of aryl methyl sites for hydroxylation is 2. The Balaban J connectivity index is 1.54. The Hall–Kier alpha value is -1.26. The van der Waals surface area contributed by atoms with Crippen molar-refractivity contribution in [1.29, 1.82) is 0 Å². The zero-order valence-electron chi connectivity index (χ0n) is 10.8. The summed E-state index contributed by atoms with van der Waals surface area (Å²) in [7, 11) is 0. The summed E-state index contributed by atoms with van der Waals surface area (Å²) in [4.78, 5) is 6.17. The maximum atomic E-state index is 12.8. The van der Waals surface area contributed by atoms with E-state index in [1.165, 1.54) is 47.0 Å². The van der Waals surface area contributed by atoms with E-state index in [9.17, 15) is 4.39 Å². The highest BCUT2D eigenvalue weighted by atomic mass is 32.1. The molecule has 0 atom stereocenters. The lowest BCUT2D eigenvalue weighted by molar-refractivity contribution is 0.624. The lowest BCUT2D eigenvalue weighted by Gasteiger charge is -2.06. The molecule has 0 unspecified atom stereocenters. The Kier molecular flexibility index (Phi) is 3.89. The summed E-state index contributed by atoms with van der Waals surface area (Å²) in [6.07, 6.45) is 4.92. The first-order chi connectivity index (χ1) is 9.31. The molecule has 2 nitrogen and oxygen atoms in total. The average Bonchev–Trinajstić information content (AvgIpc) is 2.83. The van der Waals surface area contributed by atoms with E-state index in [-0.39, 0.29) is 5.82 Å². The molecule has 1 aromatic heterocycles. The summed E-state index contributed by atoms with van der Waals surface area (Å²) in [6, 6.07) is 6.63. The second-order valence-corrected chi connectivity index (χ2v) is 6.08. The number of hydrogen-bond acceptors (Lipinski definition) is 3. The minimum atomic E-state index is -0.184. The van der Waals surface area contributed by atoms with Gasteiger partial charge in [0, 0.05) is 18.0 Å². The first-order valence-corrected chi connectivity index (χ1v) is 7.55. The van der Waals surface area contributed by atoms with Crippen molar-refractivity contribution < 1.29 is 4.39 Å². The molecule has 0 spiro atoms. The molecule has 0 fully saturated rings. The standard InChI is InChI=1S/C15H17FN2S/c16-12-7-5-11(6-8-12)9-17-10-15-18-13-3-1-2-4-14(13)19-15/h5-8,17H,1-4,9-10H2. The van der Waals surface area contributed by atoms with Crippen LogP contribution in [0.5, 0.6) is 0 Å². The highest BCUT2D eigenvalue weighted by Crippen LogP contribution is 2.26. The molecule has 3 rings (SSSR count). The van der Waals surface area contributed by atoms with Gasteiger partial charge in [0.25, 0.3) is 0 Å². The number of halogens is 1. The highest BCUT2D eigenvalue weighted by Gasteiger charge is 2.14. The van der Waals surface area contributed by atoms with Crippen LogP contribution in [0.1, 0.15) is 34.0 Å². The quantitative estimate of drug-likeness (QED) is 0.925. The number of fused-ring (bicyclic) bond motifs is 1. The third-order valence-corrected chi connectivity index (χ3v) is 4.57. The Morgan fingerprint density at radius 2 is 1.89 bits per heavy atom. The van der Waals surface area contributed by atoms with Crippen LogP contribution >= 0.6 is 11.3 Å². The number of thiazole rings is 1. The van der Waals surface area contributed by atoms with Crippen molar-refractivity contribution in [3.8, 4) is 0 Å². The molecular formula is C15H17FN2S. The van der Waals surface area contributed by atoms with E-state index in [1.54, 1.807) is 0 Å². The molecule has 19 heavy (non-hydrogen) atoms. The molecule has 0 saturated carbocycles. The maximum absolute atomic E-state index is 12.8. The topological polar surface area (TPSA) is 24.9 Å². The fourth-order valence-electron chi connectivity index (χ4n) is 2.40. The second kappa shape index (κ2) is 5.80. The van der Waals surface area contributed by atoms with Gasteiger partial charge in [-0.15, -0.1) is 11.3 Å². The van der Waals surface area contributed by atoms with E-state index in [0.717, 1.165) is 25.1 Å². The first-order valence-electron chi connectivity index (χ1n) is 6.74. The molecule has 0 radical (unpaired) electrons. The van der Waals surface area contributed by atoms with E-state index in [0.29, 0.717) is 0 Å². The van der Waals surface area contributed by atoms with Crippen molar-refractivity contribution in [3.63, 3.8) is 0 Å². The number of hydrogen-bond donors (Lipinski definition) is 1. The second-order valence-electron chi connectivity index (χ2n) is 4.91. The van der Waals surface area contributed by atoms with Gasteiger partial charge >= 0.3 is 0 Å². The van der Waals surface area contributed by atoms with Crippen molar-refractivity contribution >= 4 is 11.3 Å². The summed E-state index contributed by atoms with van der Waals surface area (Å²) >= 11 is 1.84. The predicted molar refractivity (Wildman–Crippen MR) is 75.7 cm³/mol. The normalized spacial score (nSPS) is 14.4. The summed E-state index contributed by atoms with van der Waals surface area (Å²) in [5.41, 5.74) is 2.41. The van der Waals surface area contributed by atoms with Crippen LogP contribution in [-0.4, -0.2) is 4.98 Å². The molecule has 2 aromatic rings. The molecule has 1 aromatic carbocycles. The summed E-state index contributed by atoms with van der Waals surface area (Å²) in [6.45, 7) is 1.56. The minimum absolute atomic E-state index is 0.184. The molecule has 1 aliphatic rings. The Morgan fingerprint density at radius 3 is 2.68 bits per heavy atom. The average molecular weight is 276 g/mol. The van der Waals surface area contributed by atoms with Crippen LogP contribution in [0.3, 0.4) is 0 Å². The zero-order chi connectivity index (χ0) is 13.1. The SMILES string of the molecule is Fc1ccc(CNCc2nc3c(s2)CCCC3)cc1. The highest BCUT2D eigenvalue weighted by molar-refractivity contribution is 7.11. The van der Waals surface area contributed by atoms with E-state index in [2.05, 4.69) is 5.32 Å². The van der Waals surface area contributed by atoms with E-state index >= 15 is 0 Å². The van der Waals surface area contributed by atoms with Gasteiger partial charge < -0.3 is 5.32 Å². The van der Waals surface area contributed by atoms with Crippen LogP contribution in [0, 0.1) is 5.82 Å². The van der Waals surface area contributed by atoms with Crippen LogP contribution in [0.4, 0.5) is 4.39 Å². The van der Waals surface area contributed by atoms with Gasteiger partial charge in [0.05, 0.1) is 5.69 Å². The Bertz CT molecular complexity index is 524. The van der Waals surface area contributed by atoms with Crippen LogP contribution in [0.15, 0.2) is 24.3 Å². The van der Waals surface area contributed by atoms with E-state index in [4.69, 9.17) is 4.98 Å². The monoisotopic (exact) mass is 276 g/mol. The molecule has 1 N–H and O–H groups in total. The predicted octanol–water partition coefficient (Wildman–Crippen LogP) is 3.45. The summed E-state index contributed by atoms with van der Waals surface area (Å²) < 4.78 is 12.8. The van der Waals surface area contributed by atoms with Gasteiger partial charge in [-0.3, -0.25) is 0 Å². The van der Waals surface area contributed by atoms with Crippen LogP contribution in [0.2, 0.25) is 0 Å². The van der Waals surface area contributed by atoms with Gasteiger partial charge in [-0.2, -0.15) is 0 Å². The number of rotatable bonds is 4. The van der Waals surface area contributed by atoms with Gasteiger partial charge in [-0.1, -0.05) is 12.1 Å². The first kappa shape index (κ1) is 12.8. The Morgan fingerprint density at radius 1 is 1.11 bits per heavy atom. The molecule has 4 heteroatoms. The number of nitrogens with one attached hydrogen (secondary N) is 1. The molecular weight excluding hydrogens is 259 g/mol. The lowest BCUT2D eigenvalue weighted by atomic mass is 10.0. The Labute approximate surface area is 116 Å². The smallest absolute Gasteiger partial charge is 0.123 e. The van der Waals surface area contributed by atoms with Crippen molar-refractivity contribution in [2.45, 2.75) is 38.8 Å². The lowest BCUT2D eigenvalue weighted by Crippen LogP contribution is -2.12. The van der Waals surface area contributed by atoms with Gasteiger partial charge in [0.15, 0.2) is 0 Å². The maximum Gasteiger partial charge on any atom is 0.123 e. The molecule has 0 amide bonds. The van der Waals surface area contributed by atoms with Gasteiger partial charge in [-0.25, -0.2) is 9.37 Å². The van der Waals surface area contributed by atoms with E-state index in [1.807, 2.05) is 23.5 Å². The molecule has 0 bridgehead atoms. The van der Waals surface area contributed by atoms with Crippen molar-refractivity contribution in [3.05, 3.63) is 51.2 Å². The number of nitrogens with zero attached hydrogens (tertiary/aromatic N) is 1. The molecule has 100 valence electrons. The molecule has 0 saturated heterocycles. The number of benzene rings is 1. The summed E-state index contributed by atoms with van der Waals surface area (Å²) in [5, 5.41) is 4.55. The van der Waals surface area contributed by atoms with Crippen LogP contribution in [0.25, 0.3) is 0 Å². The van der Waals surface area contributed by atoms with Crippen molar-refractivity contribution in [2.75, 3.05) is 0 Å². The van der Waals surface area contributed by atoms with Gasteiger partial charge in [-0.05, 0) is 43.4 Å². The molecule has 1 aliphatic carbocycles. The van der Waals surface area contributed by atoms with Gasteiger partial charge in [0.2, 0.25) is 0 Å². The van der Waals surface area contributed by atoms with Gasteiger partial charge in [0.1, 0.15) is 10.8 Å².